The fourth-order valence-corrected chi connectivity index (χ4v) is 2.10. The lowest BCUT2D eigenvalue weighted by molar-refractivity contribution is -0.120. The van der Waals surface area contributed by atoms with Crippen molar-refractivity contribution in [2.24, 2.45) is 0 Å². The summed E-state index contributed by atoms with van der Waals surface area (Å²) >= 11 is 0. The molecule has 0 bridgehead atoms. The second kappa shape index (κ2) is 8.44. The van der Waals surface area contributed by atoms with Crippen LogP contribution in [-0.2, 0) is 9.53 Å². The van der Waals surface area contributed by atoms with Gasteiger partial charge in [-0.3, -0.25) is 4.79 Å². The Labute approximate surface area is 104 Å². The largest absolute Gasteiger partial charge is 0.385 e. The van der Waals surface area contributed by atoms with Gasteiger partial charge in [0, 0.05) is 32.8 Å². The summed E-state index contributed by atoms with van der Waals surface area (Å²) in [7, 11) is 3.81. The normalized spacial score (nSPS) is 20.7. The van der Waals surface area contributed by atoms with Crippen molar-refractivity contribution in [3.8, 4) is 0 Å². The van der Waals surface area contributed by atoms with Crippen LogP contribution in [0.4, 0.5) is 0 Å². The molecule has 1 atom stereocenters. The van der Waals surface area contributed by atoms with Gasteiger partial charge >= 0.3 is 0 Å². The molecule has 1 rings (SSSR count). The minimum atomic E-state index is 0.0711. The molecule has 0 aromatic carbocycles. The van der Waals surface area contributed by atoms with Gasteiger partial charge in [-0.25, -0.2) is 0 Å². The first kappa shape index (κ1) is 14.4. The predicted molar refractivity (Wildman–Crippen MR) is 68.0 cm³/mol. The molecule has 17 heavy (non-hydrogen) atoms. The van der Waals surface area contributed by atoms with Crippen molar-refractivity contribution >= 4 is 5.91 Å². The van der Waals surface area contributed by atoms with Crippen LogP contribution in [0, 0.1) is 0 Å². The molecular formula is C12H25N3O2. The van der Waals surface area contributed by atoms with Crippen molar-refractivity contribution < 1.29 is 9.53 Å². The van der Waals surface area contributed by atoms with Crippen LogP contribution in [0.5, 0.6) is 0 Å². The molecule has 1 fully saturated rings. The monoisotopic (exact) mass is 243 g/mol. The highest BCUT2D eigenvalue weighted by molar-refractivity contribution is 5.77. The number of hydrogen-bond acceptors (Lipinski definition) is 4. The summed E-state index contributed by atoms with van der Waals surface area (Å²) in [6.07, 6.45) is 3.37. The molecule has 100 valence electrons. The predicted octanol–water partition coefficient (Wildman–Crippen LogP) is -0.177. The highest BCUT2D eigenvalue weighted by Gasteiger charge is 2.20. The zero-order valence-corrected chi connectivity index (χ0v) is 11.0. The van der Waals surface area contributed by atoms with Crippen molar-refractivity contribution in [1.29, 1.82) is 0 Å². The van der Waals surface area contributed by atoms with Crippen molar-refractivity contribution in [3.63, 3.8) is 0 Å². The molecule has 2 N–H and O–H groups in total. The summed E-state index contributed by atoms with van der Waals surface area (Å²) in [6, 6.07) is 0.594. The van der Waals surface area contributed by atoms with Gasteiger partial charge in [-0.05, 0) is 32.9 Å². The van der Waals surface area contributed by atoms with E-state index in [9.17, 15) is 4.79 Å². The lowest BCUT2D eigenvalue weighted by Gasteiger charge is -2.19. The number of likely N-dealkylation sites (tertiary alicyclic amines) is 1. The third-order valence-electron chi connectivity index (χ3n) is 3.18. The van der Waals surface area contributed by atoms with Gasteiger partial charge in [-0.1, -0.05) is 0 Å². The van der Waals surface area contributed by atoms with E-state index in [0.717, 1.165) is 13.0 Å². The molecule has 1 unspecified atom stereocenters. The highest BCUT2D eigenvalue weighted by atomic mass is 16.5. The molecule has 1 aliphatic heterocycles. The average Bonchev–Trinajstić information content (AvgIpc) is 2.71. The molecule has 5 heteroatoms. The Balaban J connectivity index is 1.96. The Kier molecular flexibility index (Phi) is 7.16. The van der Waals surface area contributed by atoms with Gasteiger partial charge in [0.15, 0.2) is 0 Å². The SMILES string of the molecule is COCCCNC(=O)CNCC1CCCN1C. The van der Waals surface area contributed by atoms with Gasteiger partial charge in [-0.15, -0.1) is 0 Å². The summed E-state index contributed by atoms with van der Waals surface area (Å²) < 4.78 is 4.91. The summed E-state index contributed by atoms with van der Waals surface area (Å²) in [6.45, 7) is 3.88. The van der Waals surface area contributed by atoms with Crippen LogP contribution in [-0.4, -0.2) is 63.8 Å². The second-order valence-electron chi connectivity index (χ2n) is 4.60. The number of hydrogen-bond donors (Lipinski definition) is 2. The third kappa shape index (κ3) is 6.00. The summed E-state index contributed by atoms with van der Waals surface area (Å²) in [5, 5.41) is 6.07. The zero-order chi connectivity index (χ0) is 12.5. The molecule has 0 radical (unpaired) electrons. The van der Waals surface area contributed by atoms with Crippen molar-refractivity contribution in [1.82, 2.24) is 15.5 Å². The van der Waals surface area contributed by atoms with Crippen LogP contribution in [0.3, 0.4) is 0 Å². The van der Waals surface area contributed by atoms with Crippen molar-refractivity contribution in [2.75, 3.05) is 46.9 Å². The quantitative estimate of drug-likeness (QED) is 0.581. The van der Waals surface area contributed by atoms with Gasteiger partial charge in [0.2, 0.25) is 5.91 Å². The minimum absolute atomic E-state index is 0.0711. The summed E-state index contributed by atoms with van der Waals surface area (Å²) in [4.78, 5) is 13.8. The van der Waals surface area contributed by atoms with Crippen LogP contribution < -0.4 is 10.6 Å². The summed E-state index contributed by atoms with van der Waals surface area (Å²) in [5.74, 6) is 0.0711. The molecule has 1 amide bonds. The fraction of sp³-hybridized carbons (Fsp3) is 0.917. The number of likely N-dealkylation sites (N-methyl/N-ethyl adjacent to an activating group) is 1. The van der Waals surface area contributed by atoms with Crippen LogP contribution in [0.1, 0.15) is 19.3 Å². The maximum Gasteiger partial charge on any atom is 0.233 e. The number of methoxy groups -OCH3 is 1. The van der Waals surface area contributed by atoms with E-state index in [2.05, 4.69) is 22.6 Å². The maximum absolute atomic E-state index is 11.4. The summed E-state index contributed by atoms with van der Waals surface area (Å²) in [5.41, 5.74) is 0. The number of nitrogens with zero attached hydrogens (tertiary/aromatic N) is 1. The van der Waals surface area contributed by atoms with Crippen LogP contribution in [0.25, 0.3) is 0 Å². The zero-order valence-electron chi connectivity index (χ0n) is 11.0. The van der Waals surface area contributed by atoms with Crippen LogP contribution in [0.15, 0.2) is 0 Å². The standard InChI is InChI=1S/C12H25N3O2/c1-15-7-3-5-11(15)9-13-10-12(16)14-6-4-8-17-2/h11,13H,3-10H2,1-2H3,(H,14,16). The third-order valence-corrected chi connectivity index (χ3v) is 3.18. The first-order valence-electron chi connectivity index (χ1n) is 6.40. The van der Waals surface area contributed by atoms with E-state index in [1.165, 1.54) is 19.4 Å². The maximum atomic E-state index is 11.4. The molecule has 0 spiro atoms. The molecule has 1 aliphatic rings. The fourth-order valence-electron chi connectivity index (χ4n) is 2.10. The highest BCUT2D eigenvalue weighted by Crippen LogP contribution is 2.13. The first-order chi connectivity index (χ1) is 8.24. The molecule has 1 heterocycles. The van der Waals surface area contributed by atoms with Gasteiger partial charge in [-0.2, -0.15) is 0 Å². The number of ether oxygens (including phenoxy) is 1. The van der Waals surface area contributed by atoms with Crippen molar-refractivity contribution in [3.05, 3.63) is 0 Å². The number of carbonyl (C=O) groups is 1. The molecule has 5 nitrogen and oxygen atoms in total. The van der Waals surface area contributed by atoms with E-state index in [-0.39, 0.29) is 5.91 Å². The smallest absolute Gasteiger partial charge is 0.233 e. The Morgan fingerprint density at radius 3 is 3.00 bits per heavy atom. The number of nitrogens with one attached hydrogen (secondary N) is 2. The Morgan fingerprint density at radius 2 is 2.35 bits per heavy atom. The van der Waals surface area contributed by atoms with Gasteiger partial charge in [0.05, 0.1) is 6.54 Å². The topological polar surface area (TPSA) is 53.6 Å². The average molecular weight is 243 g/mol. The first-order valence-corrected chi connectivity index (χ1v) is 6.40. The lowest BCUT2D eigenvalue weighted by atomic mass is 10.2. The Hall–Kier alpha value is -0.650. The van der Waals surface area contributed by atoms with Crippen LogP contribution in [0.2, 0.25) is 0 Å². The molecule has 0 aromatic rings. The van der Waals surface area contributed by atoms with E-state index in [0.29, 0.717) is 25.7 Å². The van der Waals surface area contributed by atoms with Crippen LogP contribution >= 0.6 is 0 Å². The molecule has 0 aromatic heterocycles. The van der Waals surface area contributed by atoms with E-state index in [1.54, 1.807) is 7.11 Å². The molecular weight excluding hydrogens is 218 g/mol. The van der Waals surface area contributed by atoms with E-state index in [4.69, 9.17) is 4.74 Å². The second-order valence-corrected chi connectivity index (χ2v) is 4.60. The Bertz CT molecular complexity index is 224. The molecule has 0 aliphatic carbocycles. The minimum Gasteiger partial charge on any atom is -0.385 e. The van der Waals surface area contributed by atoms with Crippen molar-refractivity contribution in [2.45, 2.75) is 25.3 Å². The van der Waals surface area contributed by atoms with Gasteiger partial charge in [0.25, 0.3) is 0 Å². The van der Waals surface area contributed by atoms with E-state index in [1.807, 2.05) is 0 Å². The molecule has 1 saturated heterocycles. The van der Waals surface area contributed by atoms with Gasteiger partial charge < -0.3 is 20.3 Å². The number of amides is 1. The lowest BCUT2D eigenvalue weighted by Crippen LogP contribution is -2.40. The Morgan fingerprint density at radius 1 is 1.53 bits per heavy atom. The van der Waals surface area contributed by atoms with E-state index >= 15 is 0 Å². The number of rotatable bonds is 8. The molecule has 0 saturated carbocycles. The number of carbonyl (C=O) groups excluding carboxylic acids is 1. The van der Waals surface area contributed by atoms with Gasteiger partial charge in [0.1, 0.15) is 0 Å². The van der Waals surface area contributed by atoms with E-state index < -0.39 is 0 Å².